The Morgan fingerprint density at radius 3 is 3.08 bits per heavy atom. The maximum atomic E-state index is 6.50. The Morgan fingerprint density at radius 2 is 2.46 bits per heavy atom. The molecule has 0 aromatic heterocycles. The number of hydrogen-bond donors (Lipinski definition) is 1. The van der Waals surface area contributed by atoms with E-state index in [0.29, 0.717) is 17.9 Å². The summed E-state index contributed by atoms with van der Waals surface area (Å²) in [6, 6.07) is 0.434. The van der Waals surface area contributed by atoms with Gasteiger partial charge in [0.25, 0.3) is 0 Å². The molecule has 2 fully saturated rings. The molecular formula is C11H16ClN. The molecule has 0 unspecified atom stereocenters. The largest absolute Gasteiger partial charge is 0.384 e. The van der Waals surface area contributed by atoms with E-state index in [-0.39, 0.29) is 4.87 Å². The predicted octanol–water partition coefficient (Wildman–Crippen LogP) is 2.68. The number of nitrogens with one attached hydrogen (secondary N) is 1. The fourth-order valence-electron chi connectivity index (χ4n) is 2.73. The van der Waals surface area contributed by atoms with Gasteiger partial charge in [0, 0.05) is 11.6 Å². The van der Waals surface area contributed by atoms with Crippen molar-refractivity contribution in [2.24, 2.45) is 11.8 Å². The lowest BCUT2D eigenvalue weighted by atomic mass is 9.96. The molecule has 0 spiro atoms. The Morgan fingerprint density at radius 1 is 1.77 bits per heavy atom. The van der Waals surface area contributed by atoms with Crippen LogP contribution in [0.3, 0.4) is 0 Å². The highest BCUT2D eigenvalue weighted by Crippen LogP contribution is 2.59. The van der Waals surface area contributed by atoms with Gasteiger partial charge in [0.2, 0.25) is 0 Å². The van der Waals surface area contributed by atoms with Crippen LogP contribution < -0.4 is 5.32 Å². The van der Waals surface area contributed by atoms with Crippen LogP contribution in [-0.4, -0.2) is 10.9 Å². The van der Waals surface area contributed by atoms with Crippen molar-refractivity contribution >= 4 is 11.6 Å². The number of hydrogen-bond acceptors (Lipinski definition) is 1. The van der Waals surface area contributed by atoms with E-state index < -0.39 is 0 Å². The van der Waals surface area contributed by atoms with Gasteiger partial charge in [-0.25, -0.2) is 0 Å². The fraction of sp³-hybridized carbons (Fsp3) is 0.636. The molecule has 0 bridgehead atoms. The molecule has 72 valence electrons. The lowest BCUT2D eigenvalue weighted by Crippen LogP contribution is -2.26. The zero-order valence-corrected chi connectivity index (χ0v) is 8.77. The minimum Gasteiger partial charge on any atom is -0.384 e. The van der Waals surface area contributed by atoms with Crippen LogP contribution in [0.15, 0.2) is 24.9 Å². The number of rotatable bonds is 2. The first-order valence-electron chi connectivity index (χ1n) is 4.83. The number of fused-ring (bicyclic) bond motifs is 1. The number of alkyl halides is 1. The normalized spacial score (nSPS) is 47.8. The van der Waals surface area contributed by atoms with E-state index in [2.05, 4.69) is 25.4 Å². The molecule has 0 amide bonds. The minimum atomic E-state index is -0.0688. The summed E-state index contributed by atoms with van der Waals surface area (Å²) in [6.45, 7) is 9.99. The Balaban J connectivity index is 2.13. The van der Waals surface area contributed by atoms with Crippen molar-refractivity contribution in [3.8, 4) is 0 Å². The zero-order chi connectivity index (χ0) is 9.64. The summed E-state index contributed by atoms with van der Waals surface area (Å²) < 4.78 is 0. The molecule has 1 saturated carbocycles. The van der Waals surface area contributed by atoms with Gasteiger partial charge in [-0.3, -0.25) is 0 Å². The van der Waals surface area contributed by atoms with E-state index in [0.717, 1.165) is 18.5 Å². The third-order valence-electron chi connectivity index (χ3n) is 3.32. The average molecular weight is 198 g/mol. The quantitative estimate of drug-likeness (QED) is 0.530. The van der Waals surface area contributed by atoms with Crippen molar-refractivity contribution in [2.45, 2.75) is 30.7 Å². The van der Waals surface area contributed by atoms with Crippen molar-refractivity contribution in [3.63, 3.8) is 0 Å². The van der Waals surface area contributed by atoms with Gasteiger partial charge in [-0.05, 0) is 18.8 Å². The number of piperidine rings is 1. The van der Waals surface area contributed by atoms with Crippen LogP contribution in [0.2, 0.25) is 0 Å². The summed E-state index contributed by atoms with van der Waals surface area (Å²) in [5, 5.41) is 3.38. The molecule has 2 heteroatoms. The van der Waals surface area contributed by atoms with Crippen molar-refractivity contribution in [2.75, 3.05) is 0 Å². The number of halogens is 1. The fourth-order valence-corrected chi connectivity index (χ4v) is 3.30. The smallest absolute Gasteiger partial charge is 0.0735 e. The minimum absolute atomic E-state index is 0.0688. The molecule has 1 aliphatic carbocycles. The van der Waals surface area contributed by atoms with E-state index >= 15 is 0 Å². The third-order valence-corrected chi connectivity index (χ3v) is 3.96. The van der Waals surface area contributed by atoms with E-state index in [4.69, 9.17) is 11.6 Å². The van der Waals surface area contributed by atoms with Gasteiger partial charge in [-0.2, -0.15) is 0 Å². The molecule has 0 aromatic carbocycles. The predicted molar refractivity (Wildman–Crippen MR) is 56.7 cm³/mol. The summed E-state index contributed by atoms with van der Waals surface area (Å²) in [7, 11) is 0. The van der Waals surface area contributed by atoms with E-state index in [9.17, 15) is 0 Å². The highest BCUT2D eigenvalue weighted by Gasteiger charge is 2.66. The third kappa shape index (κ3) is 1.21. The maximum absolute atomic E-state index is 6.50. The van der Waals surface area contributed by atoms with Gasteiger partial charge in [0.1, 0.15) is 0 Å². The molecular weight excluding hydrogens is 182 g/mol. The van der Waals surface area contributed by atoms with Gasteiger partial charge < -0.3 is 5.32 Å². The summed E-state index contributed by atoms with van der Waals surface area (Å²) in [4.78, 5) is -0.0688. The summed E-state index contributed by atoms with van der Waals surface area (Å²) in [6.07, 6.45) is 3.88. The van der Waals surface area contributed by atoms with Gasteiger partial charge >= 0.3 is 0 Å². The SMILES string of the molecule is C=CC[C@@]1(Cl)[C@@H]2[C@@H](C)CC(=C)N[C@@H]21. The maximum Gasteiger partial charge on any atom is 0.0735 e. The molecule has 1 saturated heterocycles. The average Bonchev–Trinajstić information content (AvgIpc) is 2.56. The number of allylic oxidation sites excluding steroid dienone is 2. The molecule has 1 heterocycles. The topological polar surface area (TPSA) is 12.0 Å². The summed E-state index contributed by atoms with van der Waals surface area (Å²) in [5.74, 6) is 1.27. The first-order valence-corrected chi connectivity index (χ1v) is 5.21. The van der Waals surface area contributed by atoms with Gasteiger partial charge in [-0.15, -0.1) is 18.2 Å². The first-order chi connectivity index (χ1) is 6.09. The Hall–Kier alpha value is -0.430. The zero-order valence-electron chi connectivity index (χ0n) is 8.02. The molecule has 1 N–H and O–H groups in total. The van der Waals surface area contributed by atoms with E-state index in [1.165, 1.54) is 0 Å². The highest BCUT2D eigenvalue weighted by atomic mass is 35.5. The molecule has 4 atom stereocenters. The Labute approximate surface area is 84.9 Å². The monoisotopic (exact) mass is 197 g/mol. The van der Waals surface area contributed by atoms with Crippen LogP contribution in [0.5, 0.6) is 0 Å². The second-order valence-corrected chi connectivity index (χ2v) is 5.06. The van der Waals surface area contributed by atoms with Crippen molar-refractivity contribution < 1.29 is 0 Å². The molecule has 0 radical (unpaired) electrons. The van der Waals surface area contributed by atoms with Crippen LogP contribution >= 0.6 is 11.6 Å². The van der Waals surface area contributed by atoms with Crippen LogP contribution in [0.25, 0.3) is 0 Å². The van der Waals surface area contributed by atoms with Crippen molar-refractivity contribution in [1.82, 2.24) is 5.32 Å². The van der Waals surface area contributed by atoms with Crippen molar-refractivity contribution in [1.29, 1.82) is 0 Å². The van der Waals surface area contributed by atoms with Crippen LogP contribution in [0.4, 0.5) is 0 Å². The van der Waals surface area contributed by atoms with E-state index in [1.54, 1.807) is 0 Å². The molecule has 2 aliphatic rings. The second-order valence-electron chi connectivity index (χ2n) is 4.35. The van der Waals surface area contributed by atoms with Crippen molar-refractivity contribution in [3.05, 3.63) is 24.9 Å². The molecule has 2 rings (SSSR count). The van der Waals surface area contributed by atoms with Crippen LogP contribution in [0, 0.1) is 11.8 Å². The lowest BCUT2D eigenvalue weighted by Gasteiger charge is -2.19. The van der Waals surface area contributed by atoms with Gasteiger partial charge in [0.15, 0.2) is 0 Å². The summed E-state index contributed by atoms with van der Waals surface area (Å²) >= 11 is 6.50. The molecule has 1 nitrogen and oxygen atoms in total. The molecule has 13 heavy (non-hydrogen) atoms. The van der Waals surface area contributed by atoms with Crippen LogP contribution in [0.1, 0.15) is 19.8 Å². The standard InChI is InChI=1S/C11H16ClN/c1-4-5-11(12)9-7(2)6-8(3)13-10(9)11/h4,7,9-10,13H,1,3,5-6H2,2H3/t7-,9+,10-,11+/m0/s1. The van der Waals surface area contributed by atoms with Crippen LogP contribution in [-0.2, 0) is 0 Å². The van der Waals surface area contributed by atoms with Gasteiger partial charge in [0.05, 0.1) is 10.9 Å². The van der Waals surface area contributed by atoms with Gasteiger partial charge in [-0.1, -0.05) is 19.6 Å². The summed E-state index contributed by atoms with van der Waals surface area (Å²) in [5.41, 5.74) is 1.14. The second kappa shape index (κ2) is 2.78. The lowest BCUT2D eigenvalue weighted by molar-refractivity contribution is 0.422. The Bertz CT molecular complexity index is 261. The molecule has 1 aliphatic heterocycles. The first kappa shape index (κ1) is 9.14. The molecule has 0 aromatic rings. The van der Waals surface area contributed by atoms with E-state index in [1.807, 2.05) is 6.08 Å². The Kier molecular flexibility index (Phi) is 1.95. The highest BCUT2D eigenvalue weighted by molar-refractivity contribution is 6.27.